The van der Waals surface area contributed by atoms with E-state index in [1.807, 2.05) is 26.0 Å². The number of benzene rings is 1. The van der Waals surface area contributed by atoms with Gasteiger partial charge in [0.15, 0.2) is 0 Å². The average molecular weight is 232 g/mol. The van der Waals surface area contributed by atoms with Crippen LogP contribution in [0.4, 0.5) is 5.95 Å². The Bertz CT molecular complexity index is 586. The van der Waals surface area contributed by atoms with Crippen LogP contribution in [-0.4, -0.2) is 22.5 Å². The second-order valence-electron chi connectivity index (χ2n) is 4.15. The van der Waals surface area contributed by atoms with E-state index in [2.05, 4.69) is 10.3 Å². The molecule has 2 rings (SSSR count). The highest BCUT2D eigenvalue weighted by Crippen LogP contribution is 2.21. The van der Waals surface area contributed by atoms with Gasteiger partial charge >= 0.3 is 0 Å². The molecule has 0 saturated heterocycles. The number of nitrogens with zero attached hydrogens (tertiary/aromatic N) is 2. The zero-order chi connectivity index (χ0) is 12.6. The van der Waals surface area contributed by atoms with Gasteiger partial charge in [0.05, 0.1) is 11.0 Å². The van der Waals surface area contributed by atoms with Gasteiger partial charge in [0.25, 0.3) is 0 Å². The number of nitrogen functional groups attached to an aromatic ring is 1. The van der Waals surface area contributed by atoms with Crippen LogP contribution in [0.15, 0.2) is 12.1 Å². The molecule has 90 valence electrons. The molecule has 5 nitrogen and oxygen atoms in total. The first-order valence-electron chi connectivity index (χ1n) is 5.46. The molecule has 0 unspecified atom stereocenters. The van der Waals surface area contributed by atoms with E-state index in [9.17, 15) is 4.79 Å². The van der Waals surface area contributed by atoms with Crippen molar-refractivity contribution in [2.24, 2.45) is 0 Å². The van der Waals surface area contributed by atoms with Gasteiger partial charge in [0.1, 0.15) is 6.54 Å². The molecule has 0 aliphatic heterocycles. The number of aromatic nitrogens is 2. The number of aryl methyl sites for hydroxylation is 2. The minimum Gasteiger partial charge on any atom is -0.369 e. The Labute approximate surface area is 99.6 Å². The zero-order valence-electron chi connectivity index (χ0n) is 10.2. The number of hydrogen-bond donors (Lipinski definition) is 2. The van der Waals surface area contributed by atoms with E-state index < -0.39 is 0 Å². The van der Waals surface area contributed by atoms with Crippen molar-refractivity contribution in [2.45, 2.75) is 20.4 Å². The molecule has 5 heteroatoms. The van der Waals surface area contributed by atoms with Crippen LogP contribution in [0, 0.1) is 13.8 Å². The lowest BCUT2D eigenvalue weighted by Crippen LogP contribution is -2.24. The zero-order valence-corrected chi connectivity index (χ0v) is 10.2. The molecule has 1 aromatic carbocycles. The van der Waals surface area contributed by atoms with Crippen LogP contribution in [0.1, 0.15) is 11.1 Å². The summed E-state index contributed by atoms with van der Waals surface area (Å²) in [5, 5.41) is 2.58. The maximum atomic E-state index is 11.4. The van der Waals surface area contributed by atoms with Crippen molar-refractivity contribution in [2.75, 3.05) is 12.8 Å². The number of amides is 1. The lowest BCUT2D eigenvalue weighted by molar-refractivity contribution is -0.121. The van der Waals surface area contributed by atoms with Crippen molar-refractivity contribution in [1.29, 1.82) is 0 Å². The first kappa shape index (κ1) is 11.4. The fourth-order valence-corrected chi connectivity index (χ4v) is 1.79. The highest BCUT2D eigenvalue weighted by atomic mass is 16.1. The molecule has 3 N–H and O–H groups in total. The predicted molar refractivity (Wildman–Crippen MR) is 67.7 cm³/mol. The van der Waals surface area contributed by atoms with Gasteiger partial charge in [0, 0.05) is 7.05 Å². The third-order valence-electron chi connectivity index (χ3n) is 2.97. The Morgan fingerprint density at radius 1 is 1.41 bits per heavy atom. The third-order valence-corrected chi connectivity index (χ3v) is 2.97. The smallest absolute Gasteiger partial charge is 0.239 e. The monoisotopic (exact) mass is 232 g/mol. The molecule has 0 spiro atoms. The second kappa shape index (κ2) is 4.08. The molecule has 1 aromatic heterocycles. The second-order valence-corrected chi connectivity index (χ2v) is 4.15. The fourth-order valence-electron chi connectivity index (χ4n) is 1.79. The number of hydrogen-bond acceptors (Lipinski definition) is 3. The van der Waals surface area contributed by atoms with E-state index in [-0.39, 0.29) is 12.5 Å². The number of nitrogens with two attached hydrogens (primary N) is 1. The Morgan fingerprint density at radius 3 is 2.71 bits per heavy atom. The molecule has 0 fully saturated rings. The molecule has 0 bridgehead atoms. The molecule has 0 aliphatic carbocycles. The number of nitrogens with one attached hydrogen (secondary N) is 1. The first-order chi connectivity index (χ1) is 8.02. The molecular weight excluding hydrogens is 216 g/mol. The number of anilines is 1. The van der Waals surface area contributed by atoms with Crippen molar-refractivity contribution < 1.29 is 4.79 Å². The van der Waals surface area contributed by atoms with Crippen LogP contribution >= 0.6 is 0 Å². The van der Waals surface area contributed by atoms with E-state index in [1.54, 1.807) is 11.6 Å². The number of carbonyl (C=O) groups excluding carboxylic acids is 1. The van der Waals surface area contributed by atoms with Crippen molar-refractivity contribution in [3.05, 3.63) is 23.3 Å². The standard InChI is InChI=1S/C12H16N4O/c1-7-4-9-10(5-8(7)2)16(12(13)15-9)6-11(17)14-3/h4-5H,6H2,1-3H3,(H2,13,15)(H,14,17). The summed E-state index contributed by atoms with van der Waals surface area (Å²) >= 11 is 0. The summed E-state index contributed by atoms with van der Waals surface area (Å²) in [6, 6.07) is 4.00. The van der Waals surface area contributed by atoms with Gasteiger partial charge in [-0.1, -0.05) is 0 Å². The number of likely N-dealkylation sites (N-methyl/N-ethyl adjacent to an activating group) is 1. The van der Waals surface area contributed by atoms with Gasteiger partial charge in [-0.3, -0.25) is 4.79 Å². The van der Waals surface area contributed by atoms with E-state index in [0.29, 0.717) is 5.95 Å². The van der Waals surface area contributed by atoms with Gasteiger partial charge in [-0.05, 0) is 37.1 Å². The normalized spacial score (nSPS) is 10.8. The Balaban J connectivity index is 2.58. The Morgan fingerprint density at radius 2 is 2.06 bits per heavy atom. The predicted octanol–water partition coefficient (Wildman–Crippen LogP) is 0.981. The lowest BCUT2D eigenvalue weighted by atomic mass is 10.1. The molecule has 0 saturated carbocycles. The third kappa shape index (κ3) is 1.95. The highest BCUT2D eigenvalue weighted by Gasteiger charge is 2.11. The summed E-state index contributed by atoms with van der Waals surface area (Å²) in [6.07, 6.45) is 0. The van der Waals surface area contributed by atoms with Gasteiger partial charge in [-0.2, -0.15) is 0 Å². The maximum absolute atomic E-state index is 11.4. The number of carbonyl (C=O) groups is 1. The molecule has 1 heterocycles. The summed E-state index contributed by atoms with van der Waals surface area (Å²) in [7, 11) is 1.60. The van der Waals surface area contributed by atoms with Crippen molar-refractivity contribution >= 4 is 22.9 Å². The van der Waals surface area contributed by atoms with Crippen LogP contribution in [0.5, 0.6) is 0 Å². The van der Waals surface area contributed by atoms with E-state index in [4.69, 9.17) is 5.73 Å². The highest BCUT2D eigenvalue weighted by molar-refractivity contribution is 5.83. The molecule has 0 aliphatic rings. The molecule has 1 amide bonds. The van der Waals surface area contributed by atoms with E-state index in [1.165, 1.54) is 5.56 Å². The van der Waals surface area contributed by atoms with Gasteiger partial charge in [0.2, 0.25) is 11.9 Å². The quantitative estimate of drug-likeness (QED) is 0.810. The van der Waals surface area contributed by atoms with Crippen LogP contribution < -0.4 is 11.1 Å². The van der Waals surface area contributed by atoms with Crippen LogP contribution in [-0.2, 0) is 11.3 Å². The van der Waals surface area contributed by atoms with Crippen LogP contribution in [0.2, 0.25) is 0 Å². The molecular formula is C12H16N4O. The van der Waals surface area contributed by atoms with Gasteiger partial charge in [-0.15, -0.1) is 0 Å². The van der Waals surface area contributed by atoms with Crippen molar-refractivity contribution in [3.8, 4) is 0 Å². The molecule has 17 heavy (non-hydrogen) atoms. The summed E-state index contributed by atoms with van der Waals surface area (Å²) in [5.74, 6) is 0.280. The van der Waals surface area contributed by atoms with Crippen molar-refractivity contribution in [1.82, 2.24) is 14.9 Å². The maximum Gasteiger partial charge on any atom is 0.239 e. The minimum absolute atomic E-state index is 0.0887. The van der Waals surface area contributed by atoms with E-state index >= 15 is 0 Å². The molecule has 0 atom stereocenters. The summed E-state index contributed by atoms with van der Waals surface area (Å²) in [6.45, 7) is 4.26. The van der Waals surface area contributed by atoms with E-state index in [0.717, 1.165) is 16.6 Å². The average Bonchev–Trinajstić information content (AvgIpc) is 2.56. The summed E-state index contributed by atoms with van der Waals surface area (Å²) in [5.41, 5.74) is 9.89. The SMILES string of the molecule is CNC(=O)Cn1c(N)nc2cc(C)c(C)cc21. The minimum atomic E-state index is -0.0887. The molecule has 0 radical (unpaired) electrons. The summed E-state index contributed by atoms with van der Waals surface area (Å²) < 4.78 is 1.72. The number of fused-ring (bicyclic) bond motifs is 1. The van der Waals surface area contributed by atoms with Crippen LogP contribution in [0.25, 0.3) is 11.0 Å². The Kier molecular flexibility index (Phi) is 2.75. The topological polar surface area (TPSA) is 72.9 Å². The Hall–Kier alpha value is -2.04. The number of imidazole rings is 1. The summed E-state index contributed by atoms with van der Waals surface area (Å²) in [4.78, 5) is 15.7. The number of rotatable bonds is 2. The van der Waals surface area contributed by atoms with Crippen molar-refractivity contribution in [3.63, 3.8) is 0 Å². The van der Waals surface area contributed by atoms with Crippen LogP contribution in [0.3, 0.4) is 0 Å². The molecule has 2 aromatic rings. The van der Waals surface area contributed by atoms with Gasteiger partial charge < -0.3 is 15.6 Å². The lowest BCUT2D eigenvalue weighted by Gasteiger charge is -2.06. The fraction of sp³-hybridized carbons (Fsp3) is 0.333. The first-order valence-corrected chi connectivity index (χ1v) is 5.46. The van der Waals surface area contributed by atoms with Gasteiger partial charge in [-0.25, -0.2) is 4.98 Å². The largest absolute Gasteiger partial charge is 0.369 e.